The number of halogens is 1. The fraction of sp³-hybridized carbons (Fsp3) is 0.300. The first kappa shape index (κ1) is 12.0. The van der Waals surface area contributed by atoms with Crippen LogP contribution in [0.5, 0.6) is 0 Å². The van der Waals surface area contributed by atoms with Crippen LogP contribution in [0.2, 0.25) is 0 Å². The number of benzene rings is 1. The standard InChI is InChI=1S/C10H11FN4OS/c1-6(16)7-4-3-5-8(11)9(7)17-10-12-13-14-15(10)2/h3-6,16H,1-2H3/t6-/m1/s1. The third kappa shape index (κ3) is 2.45. The third-order valence-electron chi connectivity index (χ3n) is 2.22. The number of nitrogens with zero attached hydrogens (tertiary/aromatic N) is 4. The van der Waals surface area contributed by atoms with Crippen LogP contribution in [0.15, 0.2) is 28.3 Å². The molecule has 0 aliphatic rings. The van der Waals surface area contributed by atoms with Gasteiger partial charge in [-0.25, -0.2) is 9.07 Å². The zero-order chi connectivity index (χ0) is 12.4. The Morgan fingerprint density at radius 1 is 1.47 bits per heavy atom. The minimum absolute atomic E-state index is 0.348. The van der Waals surface area contributed by atoms with E-state index in [1.54, 1.807) is 26.1 Å². The molecule has 0 saturated carbocycles. The Morgan fingerprint density at radius 3 is 2.82 bits per heavy atom. The maximum atomic E-state index is 13.7. The van der Waals surface area contributed by atoms with Crippen LogP contribution in [-0.4, -0.2) is 25.3 Å². The lowest BCUT2D eigenvalue weighted by Gasteiger charge is -2.11. The molecule has 0 saturated heterocycles. The molecular formula is C10H11FN4OS. The van der Waals surface area contributed by atoms with Gasteiger partial charge < -0.3 is 5.11 Å². The number of hydrogen-bond donors (Lipinski definition) is 1. The zero-order valence-corrected chi connectivity index (χ0v) is 10.1. The van der Waals surface area contributed by atoms with Gasteiger partial charge in [0.2, 0.25) is 5.16 Å². The van der Waals surface area contributed by atoms with Gasteiger partial charge in [-0.1, -0.05) is 12.1 Å². The van der Waals surface area contributed by atoms with E-state index < -0.39 is 11.9 Å². The first-order valence-electron chi connectivity index (χ1n) is 4.96. The number of aliphatic hydroxyl groups excluding tert-OH is 1. The van der Waals surface area contributed by atoms with Crippen molar-refractivity contribution < 1.29 is 9.50 Å². The molecule has 1 N–H and O–H groups in total. The minimum atomic E-state index is -0.741. The number of tetrazole rings is 1. The van der Waals surface area contributed by atoms with Crippen LogP contribution in [0.1, 0.15) is 18.6 Å². The van der Waals surface area contributed by atoms with Crippen molar-refractivity contribution in [1.29, 1.82) is 0 Å². The summed E-state index contributed by atoms with van der Waals surface area (Å²) in [4.78, 5) is 0.348. The summed E-state index contributed by atoms with van der Waals surface area (Å²) >= 11 is 1.09. The highest BCUT2D eigenvalue weighted by molar-refractivity contribution is 7.99. The topological polar surface area (TPSA) is 63.8 Å². The second kappa shape index (κ2) is 4.80. The summed E-state index contributed by atoms with van der Waals surface area (Å²) in [5.41, 5.74) is 0.526. The van der Waals surface area contributed by atoms with Crippen molar-refractivity contribution in [3.8, 4) is 0 Å². The number of aryl methyl sites for hydroxylation is 1. The second-order valence-corrected chi connectivity index (χ2v) is 4.50. The van der Waals surface area contributed by atoms with Crippen molar-refractivity contribution in [1.82, 2.24) is 20.2 Å². The van der Waals surface area contributed by atoms with Crippen LogP contribution in [0.25, 0.3) is 0 Å². The molecule has 2 aromatic rings. The first-order valence-corrected chi connectivity index (χ1v) is 5.78. The van der Waals surface area contributed by atoms with Crippen molar-refractivity contribution in [2.24, 2.45) is 7.05 Å². The van der Waals surface area contributed by atoms with Gasteiger partial charge >= 0.3 is 0 Å². The van der Waals surface area contributed by atoms with Gasteiger partial charge in [0.1, 0.15) is 5.82 Å². The predicted octanol–water partition coefficient (Wildman–Crippen LogP) is 1.55. The molecule has 90 valence electrons. The molecular weight excluding hydrogens is 243 g/mol. The van der Waals surface area contributed by atoms with Gasteiger partial charge in [-0.2, -0.15) is 0 Å². The number of rotatable bonds is 3. The normalized spacial score (nSPS) is 12.7. The summed E-state index contributed by atoms with van der Waals surface area (Å²) in [6.45, 7) is 1.59. The maximum absolute atomic E-state index is 13.7. The van der Waals surface area contributed by atoms with Crippen molar-refractivity contribution in [3.63, 3.8) is 0 Å². The summed E-state index contributed by atoms with van der Waals surface area (Å²) in [5, 5.41) is 21.0. The van der Waals surface area contributed by atoms with Gasteiger partial charge in [0.15, 0.2) is 0 Å². The Labute approximate surface area is 102 Å². The van der Waals surface area contributed by atoms with Crippen molar-refractivity contribution in [2.75, 3.05) is 0 Å². The van der Waals surface area contributed by atoms with Crippen LogP contribution in [-0.2, 0) is 7.05 Å². The zero-order valence-electron chi connectivity index (χ0n) is 9.33. The van der Waals surface area contributed by atoms with Crippen LogP contribution in [0.4, 0.5) is 4.39 Å². The molecule has 0 fully saturated rings. The van der Waals surface area contributed by atoms with Gasteiger partial charge in [-0.05, 0) is 40.7 Å². The molecule has 7 heteroatoms. The van der Waals surface area contributed by atoms with E-state index >= 15 is 0 Å². The monoisotopic (exact) mass is 254 g/mol. The van der Waals surface area contributed by atoms with Crippen LogP contribution in [0.3, 0.4) is 0 Å². The summed E-state index contributed by atoms with van der Waals surface area (Å²) in [6.07, 6.45) is -0.741. The van der Waals surface area contributed by atoms with Gasteiger partial charge in [0.25, 0.3) is 0 Å². The summed E-state index contributed by atoms with van der Waals surface area (Å²) in [5.74, 6) is -0.392. The molecule has 17 heavy (non-hydrogen) atoms. The molecule has 1 atom stereocenters. The number of hydrogen-bond acceptors (Lipinski definition) is 5. The van der Waals surface area contributed by atoms with E-state index in [0.29, 0.717) is 15.6 Å². The third-order valence-corrected chi connectivity index (χ3v) is 3.39. The van der Waals surface area contributed by atoms with Crippen LogP contribution >= 0.6 is 11.8 Å². The Kier molecular flexibility index (Phi) is 3.39. The predicted molar refractivity (Wildman–Crippen MR) is 60.0 cm³/mol. The molecule has 1 heterocycles. The highest BCUT2D eigenvalue weighted by atomic mass is 32.2. The summed E-state index contributed by atoms with van der Waals surface area (Å²) in [6, 6.07) is 4.59. The molecule has 0 amide bonds. The number of aromatic nitrogens is 4. The quantitative estimate of drug-likeness (QED) is 0.900. The average molecular weight is 254 g/mol. The number of aliphatic hydroxyl groups is 1. The first-order chi connectivity index (χ1) is 8.09. The fourth-order valence-electron chi connectivity index (χ4n) is 1.36. The minimum Gasteiger partial charge on any atom is -0.389 e. The van der Waals surface area contributed by atoms with Crippen molar-refractivity contribution >= 4 is 11.8 Å². The molecule has 0 aliphatic carbocycles. The van der Waals surface area contributed by atoms with E-state index in [-0.39, 0.29) is 0 Å². The fourth-order valence-corrected chi connectivity index (χ4v) is 2.31. The van der Waals surface area contributed by atoms with Crippen molar-refractivity contribution in [3.05, 3.63) is 29.6 Å². The molecule has 1 aromatic heterocycles. The molecule has 0 aliphatic heterocycles. The Balaban J connectivity index is 2.41. The molecule has 1 aromatic carbocycles. The second-order valence-electron chi connectivity index (χ2n) is 3.52. The van der Waals surface area contributed by atoms with Gasteiger partial charge in [-0.15, -0.1) is 5.10 Å². The highest BCUT2D eigenvalue weighted by Crippen LogP contribution is 2.33. The lowest BCUT2D eigenvalue weighted by molar-refractivity contribution is 0.195. The molecule has 0 bridgehead atoms. The Hall–Kier alpha value is -1.47. The smallest absolute Gasteiger partial charge is 0.213 e. The SMILES string of the molecule is C[C@@H](O)c1cccc(F)c1Sc1nnnn1C. The van der Waals surface area contributed by atoms with Gasteiger partial charge in [0.05, 0.1) is 11.0 Å². The van der Waals surface area contributed by atoms with Crippen LogP contribution in [0, 0.1) is 5.82 Å². The van der Waals surface area contributed by atoms with E-state index in [9.17, 15) is 9.50 Å². The molecule has 0 unspecified atom stereocenters. The average Bonchev–Trinajstić information content (AvgIpc) is 2.67. The van der Waals surface area contributed by atoms with Crippen molar-refractivity contribution in [2.45, 2.75) is 23.1 Å². The summed E-state index contributed by atoms with van der Waals surface area (Å²) < 4.78 is 15.2. The maximum Gasteiger partial charge on any atom is 0.213 e. The van der Waals surface area contributed by atoms with E-state index in [1.165, 1.54) is 10.7 Å². The lowest BCUT2D eigenvalue weighted by atomic mass is 10.1. The van der Waals surface area contributed by atoms with E-state index in [0.717, 1.165) is 11.8 Å². The molecule has 0 spiro atoms. The lowest BCUT2D eigenvalue weighted by Crippen LogP contribution is -1.99. The van der Waals surface area contributed by atoms with Crippen LogP contribution < -0.4 is 0 Å². The van der Waals surface area contributed by atoms with E-state index in [2.05, 4.69) is 15.5 Å². The molecule has 0 radical (unpaired) electrons. The van der Waals surface area contributed by atoms with E-state index in [4.69, 9.17) is 0 Å². The summed E-state index contributed by atoms with van der Waals surface area (Å²) in [7, 11) is 1.67. The Bertz CT molecular complexity index is 529. The molecule has 2 rings (SSSR count). The largest absolute Gasteiger partial charge is 0.389 e. The molecule has 5 nitrogen and oxygen atoms in total. The van der Waals surface area contributed by atoms with E-state index in [1.807, 2.05) is 0 Å². The Morgan fingerprint density at radius 2 is 2.24 bits per heavy atom. The van der Waals surface area contributed by atoms with Gasteiger partial charge in [-0.3, -0.25) is 0 Å². The highest BCUT2D eigenvalue weighted by Gasteiger charge is 2.16. The van der Waals surface area contributed by atoms with Gasteiger partial charge in [0, 0.05) is 7.05 Å².